The van der Waals surface area contributed by atoms with Crippen molar-refractivity contribution in [2.45, 2.75) is 19.8 Å². The van der Waals surface area contributed by atoms with Crippen LogP contribution < -0.4 is 11.3 Å². The largest absolute Gasteiger partial charge is 0.354 e. The molecule has 0 spiro atoms. The highest BCUT2D eigenvalue weighted by Crippen LogP contribution is 2.07. The standard InChI is InChI=1S/C9H17N3/c1-2-3-7-12-8-5-4-6-9(12)11-10/h4-6,11H,2-3,7-8,10H2,1H3. The van der Waals surface area contributed by atoms with Crippen molar-refractivity contribution >= 4 is 0 Å². The van der Waals surface area contributed by atoms with Gasteiger partial charge in [0.05, 0.1) is 0 Å². The SMILES string of the molecule is CCCCN1CC=CC=C1NN. The summed E-state index contributed by atoms with van der Waals surface area (Å²) in [6, 6.07) is 0. The number of nitrogens with zero attached hydrogens (tertiary/aromatic N) is 1. The Morgan fingerprint density at radius 1 is 1.67 bits per heavy atom. The van der Waals surface area contributed by atoms with Gasteiger partial charge < -0.3 is 10.3 Å². The number of hydrogen-bond donors (Lipinski definition) is 2. The first-order chi connectivity index (χ1) is 5.88. The lowest BCUT2D eigenvalue weighted by Crippen LogP contribution is -2.37. The fraction of sp³-hybridized carbons (Fsp3) is 0.556. The van der Waals surface area contributed by atoms with Crippen LogP contribution in [0.5, 0.6) is 0 Å². The van der Waals surface area contributed by atoms with Crippen molar-refractivity contribution in [3.05, 3.63) is 24.0 Å². The van der Waals surface area contributed by atoms with E-state index in [0.29, 0.717) is 0 Å². The second-order valence-corrected chi connectivity index (χ2v) is 2.92. The number of nitrogens with two attached hydrogens (primary N) is 1. The van der Waals surface area contributed by atoms with Crippen LogP contribution in [0.3, 0.4) is 0 Å². The van der Waals surface area contributed by atoms with Gasteiger partial charge in [0.15, 0.2) is 0 Å². The first kappa shape index (κ1) is 9.13. The summed E-state index contributed by atoms with van der Waals surface area (Å²) in [5.41, 5.74) is 2.70. The maximum absolute atomic E-state index is 5.37. The van der Waals surface area contributed by atoms with Crippen molar-refractivity contribution in [1.82, 2.24) is 10.3 Å². The normalized spacial score (nSPS) is 16.2. The van der Waals surface area contributed by atoms with Gasteiger partial charge in [-0.2, -0.15) is 0 Å². The fourth-order valence-corrected chi connectivity index (χ4v) is 1.25. The van der Waals surface area contributed by atoms with Gasteiger partial charge in [0.25, 0.3) is 0 Å². The van der Waals surface area contributed by atoms with E-state index in [1.165, 1.54) is 12.8 Å². The van der Waals surface area contributed by atoms with Gasteiger partial charge in [0.2, 0.25) is 0 Å². The molecular formula is C9H17N3. The summed E-state index contributed by atoms with van der Waals surface area (Å²) in [5, 5.41) is 0. The van der Waals surface area contributed by atoms with Gasteiger partial charge in [-0.05, 0) is 12.5 Å². The molecule has 68 valence electrons. The Hall–Kier alpha value is -0.960. The third-order valence-corrected chi connectivity index (χ3v) is 1.99. The van der Waals surface area contributed by atoms with E-state index in [2.05, 4.69) is 23.3 Å². The van der Waals surface area contributed by atoms with Crippen molar-refractivity contribution < 1.29 is 0 Å². The summed E-state index contributed by atoms with van der Waals surface area (Å²) in [5.74, 6) is 6.39. The molecule has 3 nitrogen and oxygen atoms in total. The lowest BCUT2D eigenvalue weighted by molar-refractivity contribution is 0.341. The van der Waals surface area contributed by atoms with E-state index in [-0.39, 0.29) is 0 Å². The van der Waals surface area contributed by atoms with E-state index in [1.54, 1.807) is 0 Å². The fourth-order valence-electron chi connectivity index (χ4n) is 1.25. The molecule has 0 aliphatic carbocycles. The molecule has 3 heteroatoms. The minimum Gasteiger partial charge on any atom is -0.354 e. The molecule has 3 N–H and O–H groups in total. The van der Waals surface area contributed by atoms with Crippen LogP contribution in [0.1, 0.15) is 19.8 Å². The maximum Gasteiger partial charge on any atom is 0.116 e. The number of allylic oxidation sites excluding steroid dienone is 2. The van der Waals surface area contributed by atoms with Gasteiger partial charge >= 0.3 is 0 Å². The molecule has 0 aromatic rings. The number of hydrogen-bond acceptors (Lipinski definition) is 3. The second-order valence-electron chi connectivity index (χ2n) is 2.92. The number of unbranched alkanes of at least 4 members (excludes halogenated alkanes) is 1. The van der Waals surface area contributed by atoms with Crippen molar-refractivity contribution in [3.8, 4) is 0 Å². The third-order valence-electron chi connectivity index (χ3n) is 1.99. The highest BCUT2D eigenvalue weighted by molar-refractivity contribution is 5.15. The molecule has 0 saturated heterocycles. The van der Waals surface area contributed by atoms with Crippen molar-refractivity contribution in [2.75, 3.05) is 13.1 Å². The summed E-state index contributed by atoms with van der Waals surface area (Å²) in [6.45, 7) is 4.24. The zero-order chi connectivity index (χ0) is 8.81. The quantitative estimate of drug-likeness (QED) is 0.484. The van der Waals surface area contributed by atoms with E-state index < -0.39 is 0 Å². The molecule has 0 bridgehead atoms. The van der Waals surface area contributed by atoms with Gasteiger partial charge in [-0.3, -0.25) is 0 Å². The average Bonchev–Trinajstić information content (AvgIpc) is 2.15. The molecule has 1 rings (SSSR count). The minimum absolute atomic E-state index is 0.968. The Morgan fingerprint density at radius 2 is 2.50 bits per heavy atom. The third kappa shape index (κ3) is 2.27. The summed E-state index contributed by atoms with van der Waals surface area (Å²) in [6.07, 6.45) is 8.60. The molecule has 0 unspecified atom stereocenters. The molecule has 0 aromatic carbocycles. The summed E-state index contributed by atoms with van der Waals surface area (Å²) < 4.78 is 0. The predicted octanol–water partition coefficient (Wildman–Crippen LogP) is 0.963. The molecule has 0 aromatic heterocycles. The highest BCUT2D eigenvalue weighted by Gasteiger charge is 2.07. The first-order valence-electron chi connectivity index (χ1n) is 4.47. The van der Waals surface area contributed by atoms with Crippen LogP contribution in [-0.2, 0) is 0 Å². The Labute approximate surface area is 73.9 Å². The first-order valence-corrected chi connectivity index (χ1v) is 4.47. The Balaban J connectivity index is 2.42. The molecule has 0 fully saturated rings. The second kappa shape index (κ2) is 4.83. The van der Waals surface area contributed by atoms with Crippen LogP contribution >= 0.6 is 0 Å². The van der Waals surface area contributed by atoms with Crippen LogP contribution in [0.25, 0.3) is 0 Å². The number of hydrazine groups is 1. The van der Waals surface area contributed by atoms with E-state index >= 15 is 0 Å². The van der Waals surface area contributed by atoms with Gasteiger partial charge in [-0.15, -0.1) is 0 Å². The zero-order valence-corrected chi connectivity index (χ0v) is 7.59. The van der Waals surface area contributed by atoms with Crippen molar-refractivity contribution in [2.24, 2.45) is 5.84 Å². The summed E-state index contributed by atoms with van der Waals surface area (Å²) >= 11 is 0. The van der Waals surface area contributed by atoms with Gasteiger partial charge in [0, 0.05) is 13.1 Å². The van der Waals surface area contributed by atoms with Crippen LogP contribution in [0.4, 0.5) is 0 Å². The van der Waals surface area contributed by atoms with Crippen LogP contribution in [0.2, 0.25) is 0 Å². The Morgan fingerprint density at radius 3 is 3.17 bits per heavy atom. The molecule has 1 heterocycles. The van der Waals surface area contributed by atoms with E-state index in [1.807, 2.05) is 12.2 Å². The Bertz CT molecular complexity index is 184. The van der Waals surface area contributed by atoms with Crippen molar-refractivity contribution in [3.63, 3.8) is 0 Å². The minimum atomic E-state index is 0.968. The Kier molecular flexibility index (Phi) is 3.67. The average molecular weight is 167 g/mol. The van der Waals surface area contributed by atoms with E-state index in [9.17, 15) is 0 Å². The van der Waals surface area contributed by atoms with Gasteiger partial charge in [-0.1, -0.05) is 25.5 Å². The molecule has 0 atom stereocenters. The molecular weight excluding hydrogens is 150 g/mol. The predicted molar refractivity (Wildman–Crippen MR) is 51.0 cm³/mol. The van der Waals surface area contributed by atoms with Gasteiger partial charge in [0.1, 0.15) is 5.82 Å². The smallest absolute Gasteiger partial charge is 0.116 e. The lowest BCUT2D eigenvalue weighted by atomic mass is 10.2. The highest BCUT2D eigenvalue weighted by atomic mass is 15.4. The van der Waals surface area contributed by atoms with Crippen LogP contribution in [0, 0.1) is 0 Å². The maximum atomic E-state index is 5.37. The van der Waals surface area contributed by atoms with Crippen LogP contribution in [-0.4, -0.2) is 18.0 Å². The van der Waals surface area contributed by atoms with Crippen LogP contribution in [0.15, 0.2) is 24.0 Å². The number of rotatable bonds is 4. The molecule has 0 saturated carbocycles. The molecule has 0 radical (unpaired) electrons. The number of nitrogens with one attached hydrogen (secondary N) is 1. The molecule has 0 amide bonds. The topological polar surface area (TPSA) is 41.3 Å². The molecule has 1 aliphatic rings. The molecule has 12 heavy (non-hydrogen) atoms. The summed E-state index contributed by atoms with van der Waals surface area (Å²) in [7, 11) is 0. The lowest BCUT2D eigenvalue weighted by Gasteiger charge is -2.27. The van der Waals surface area contributed by atoms with Crippen molar-refractivity contribution in [1.29, 1.82) is 0 Å². The van der Waals surface area contributed by atoms with Gasteiger partial charge in [-0.25, -0.2) is 5.84 Å². The zero-order valence-electron chi connectivity index (χ0n) is 7.59. The van der Waals surface area contributed by atoms with E-state index in [4.69, 9.17) is 5.84 Å². The monoisotopic (exact) mass is 167 g/mol. The van der Waals surface area contributed by atoms with E-state index in [0.717, 1.165) is 18.9 Å². The summed E-state index contributed by atoms with van der Waals surface area (Å²) in [4.78, 5) is 2.24. The molecule has 1 aliphatic heterocycles.